The van der Waals surface area contributed by atoms with Crippen LogP contribution in [0.15, 0.2) is 84.4 Å². The molecule has 0 unspecified atom stereocenters. The van der Waals surface area contributed by atoms with Crippen LogP contribution in [0.3, 0.4) is 0 Å². The smallest absolute Gasteiger partial charge is 0.123 e. The van der Waals surface area contributed by atoms with Gasteiger partial charge in [0, 0.05) is 16.5 Å². The van der Waals surface area contributed by atoms with Crippen molar-refractivity contribution in [3.8, 4) is 0 Å². The molecule has 0 spiro atoms. The zero-order valence-electron chi connectivity index (χ0n) is 13.0. The van der Waals surface area contributed by atoms with Crippen molar-refractivity contribution in [2.24, 2.45) is 4.99 Å². The van der Waals surface area contributed by atoms with E-state index in [0.29, 0.717) is 0 Å². The second-order valence-corrected chi connectivity index (χ2v) is 6.35. The zero-order valence-corrected chi connectivity index (χ0v) is 13.8. The lowest BCUT2D eigenvalue weighted by molar-refractivity contribution is 1.33. The highest BCUT2D eigenvalue weighted by Gasteiger charge is 2.04. The van der Waals surface area contributed by atoms with Crippen LogP contribution in [0.4, 0.5) is 0 Å². The molecule has 0 atom stereocenters. The first kappa shape index (κ1) is 15.4. The molecule has 0 bridgehead atoms. The normalized spacial score (nSPS) is 14.0. The summed E-state index contributed by atoms with van der Waals surface area (Å²) >= 11 is 1.78. The highest BCUT2D eigenvalue weighted by Crippen LogP contribution is 2.17. The van der Waals surface area contributed by atoms with Gasteiger partial charge in [-0.1, -0.05) is 79.4 Å². The van der Waals surface area contributed by atoms with Gasteiger partial charge in [-0.2, -0.15) is 0 Å². The fraction of sp³-hybridized carbons (Fsp3) is 0.0952. The first-order chi connectivity index (χ1) is 11.4. The Bertz CT molecular complexity index is 880. The maximum absolute atomic E-state index is 4.88. The number of benzene rings is 1. The molecule has 1 aliphatic heterocycles. The molecule has 0 saturated carbocycles. The van der Waals surface area contributed by atoms with E-state index in [2.05, 4.69) is 61.2 Å². The maximum atomic E-state index is 4.88. The number of rotatable bonds is 5. The second kappa shape index (κ2) is 7.70. The van der Waals surface area contributed by atoms with Crippen LogP contribution >= 0.6 is 11.3 Å². The zero-order chi connectivity index (χ0) is 15.9. The molecule has 2 heterocycles. The van der Waals surface area contributed by atoms with Crippen LogP contribution in [0.25, 0.3) is 11.8 Å². The Morgan fingerprint density at radius 1 is 1.09 bits per heavy atom. The van der Waals surface area contributed by atoms with Crippen LogP contribution in [0, 0.1) is 0 Å². The Labute approximate surface area is 141 Å². The number of fused-ring (bicyclic) bond motifs is 1. The first-order valence-corrected chi connectivity index (χ1v) is 8.56. The molecule has 114 valence electrons. The minimum atomic E-state index is 0.925. The van der Waals surface area contributed by atoms with Crippen molar-refractivity contribution in [1.82, 2.24) is 0 Å². The van der Waals surface area contributed by atoms with Crippen LogP contribution in [0.1, 0.15) is 16.9 Å². The summed E-state index contributed by atoms with van der Waals surface area (Å²) in [4.78, 5) is 6.23. The van der Waals surface area contributed by atoms with E-state index in [4.69, 9.17) is 4.99 Å². The lowest BCUT2D eigenvalue weighted by atomic mass is 10.1. The summed E-state index contributed by atoms with van der Waals surface area (Å²) in [6, 6.07) is 12.6. The molecule has 0 radical (unpaired) electrons. The topological polar surface area (TPSA) is 12.4 Å². The molecule has 1 aromatic heterocycles. The van der Waals surface area contributed by atoms with Gasteiger partial charge < -0.3 is 0 Å². The van der Waals surface area contributed by atoms with Crippen LogP contribution < -0.4 is 9.89 Å². The Kier molecular flexibility index (Phi) is 5.17. The molecule has 2 heteroatoms. The molecule has 23 heavy (non-hydrogen) atoms. The SMILES string of the molecule is C=C/C=C\C=C/Cc1cc2c(s1)=NC(c1ccccc1)=CCC=2. The van der Waals surface area contributed by atoms with Gasteiger partial charge in [-0.3, -0.25) is 0 Å². The summed E-state index contributed by atoms with van der Waals surface area (Å²) in [5.74, 6) is 0. The summed E-state index contributed by atoms with van der Waals surface area (Å²) in [6.07, 6.45) is 16.3. The van der Waals surface area contributed by atoms with Crippen molar-refractivity contribution < 1.29 is 0 Å². The molecule has 0 aliphatic carbocycles. The lowest BCUT2D eigenvalue weighted by Gasteiger charge is -1.99. The molecule has 1 nitrogen and oxygen atoms in total. The van der Waals surface area contributed by atoms with Crippen molar-refractivity contribution in [3.63, 3.8) is 0 Å². The highest BCUT2D eigenvalue weighted by molar-refractivity contribution is 7.09. The monoisotopic (exact) mass is 317 g/mol. The summed E-state index contributed by atoms with van der Waals surface area (Å²) < 4.78 is 1.11. The molecular formula is C21H19NS. The number of thiophene rings is 1. The minimum absolute atomic E-state index is 0.925. The van der Waals surface area contributed by atoms with Gasteiger partial charge in [0.25, 0.3) is 0 Å². The molecule has 1 aromatic carbocycles. The Balaban J connectivity index is 1.85. The van der Waals surface area contributed by atoms with Gasteiger partial charge in [0.2, 0.25) is 0 Å². The molecule has 0 saturated heterocycles. The van der Waals surface area contributed by atoms with Crippen LogP contribution in [-0.2, 0) is 6.42 Å². The van der Waals surface area contributed by atoms with E-state index < -0.39 is 0 Å². The van der Waals surface area contributed by atoms with Crippen LogP contribution in [-0.4, -0.2) is 0 Å². The van der Waals surface area contributed by atoms with Crippen LogP contribution in [0.2, 0.25) is 0 Å². The standard InChI is InChI=1S/C21H19NS/c1-2-3-4-5-9-14-19-16-18-13-10-15-20(22-21(18)23-19)17-11-7-6-8-12-17/h2-9,11-13,15-16H,1,10,14H2/b4-3-,9-5-. The van der Waals surface area contributed by atoms with Crippen molar-refractivity contribution in [2.45, 2.75) is 12.8 Å². The number of nitrogens with zero attached hydrogens (tertiary/aromatic N) is 1. The summed E-state index contributed by atoms with van der Waals surface area (Å²) in [5, 5.41) is 1.25. The average Bonchev–Trinajstić information content (AvgIpc) is 2.85. The maximum Gasteiger partial charge on any atom is 0.123 e. The van der Waals surface area contributed by atoms with E-state index in [1.54, 1.807) is 17.4 Å². The van der Waals surface area contributed by atoms with Crippen molar-refractivity contribution >= 4 is 23.1 Å². The second-order valence-electron chi connectivity index (χ2n) is 5.23. The number of hydrogen-bond acceptors (Lipinski definition) is 2. The molecule has 3 rings (SSSR count). The first-order valence-electron chi connectivity index (χ1n) is 7.74. The molecular weight excluding hydrogens is 298 g/mol. The van der Waals surface area contributed by atoms with Gasteiger partial charge in [-0.05, 0) is 18.1 Å². The summed E-state index contributed by atoms with van der Waals surface area (Å²) in [6.45, 7) is 3.66. The fourth-order valence-corrected chi connectivity index (χ4v) is 3.45. The van der Waals surface area contributed by atoms with Crippen molar-refractivity contribution in [3.05, 3.63) is 99.8 Å². The van der Waals surface area contributed by atoms with Gasteiger partial charge >= 0.3 is 0 Å². The average molecular weight is 317 g/mol. The Hall–Kier alpha value is -2.45. The molecule has 2 aromatic rings. The van der Waals surface area contributed by atoms with E-state index >= 15 is 0 Å². The fourth-order valence-electron chi connectivity index (χ4n) is 2.43. The Morgan fingerprint density at radius 3 is 2.78 bits per heavy atom. The predicted molar refractivity (Wildman–Crippen MR) is 101 cm³/mol. The highest BCUT2D eigenvalue weighted by atomic mass is 32.1. The lowest BCUT2D eigenvalue weighted by Crippen LogP contribution is -2.16. The Morgan fingerprint density at radius 2 is 1.96 bits per heavy atom. The van der Waals surface area contributed by atoms with Crippen molar-refractivity contribution in [1.29, 1.82) is 0 Å². The van der Waals surface area contributed by atoms with Gasteiger partial charge in [0.15, 0.2) is 0 Å². The molecule has 0 N–H and O–H groups in total. The molecule has 0 fully saturated rings. The van der Waals surface area contributed by atoms with E-state index in [0.717, 1.165) is 23.2 Å². The van der Waals surface area contributed by atoms with Gasteiger partial charge in [-0.15, -0.1) is 11.3 Å². The quantitative estimate of drug-likeness (QED) is 0.723. The van der Waals surface area contributed by atoms with Crippen LogP contribution in [0.5, 0.6) is 0 Å². The third-order valence-electron chi connectivity index (χ3n) is 3.55. The van der Waals surface area contributed by atoms with Gasteiger partial charge in [-0.25, -0.2) is 4.99 Å². The van der Waals surface area contributed by atoms with Gasteiger partial charge in [0.1, 0.15) is 4.67 Å². The third-order valence-corrected chi connectivity index (χ3v) is 4.61. The summed E-state index contributed by atoms with van der Waals surface area (Å²) in [7, 11) is 0. The number of hydrogen-bond donors (Lipinski definition) is 0. The van der Waals surface area contributed by atoms with E-state index in [1.807, 2.05) is 18.2 Å². The van der Waals surface area contributed by atoms with E-state index in [-0.39, 0.29) is 0 Å². The predicted octanol–water partition coefficient (Wildman–Crippen LogP) is 4.43. The summed E-state index contributed by atoms with van der Waals surface area (Å²) in [5.41, 5.74) is 2.25. The minimum Gasteiger partial charge on any atom is -0.237 e. The molecule has 0 amide bonds. The largest absolute Gasteiger partial charge is 0.237 e. The van der Waals surface area contributed by atoms with E-state index in [1.165, 1.54) is 15.7 Å². The molecule has 1 aliphatic rings. The van der Waals surface area contributed by atoms with Gasteiger partial charge in [0.05, 0.1) is 5.70 Å². The third kappa shape index (κ3) is 4.05. The number of allylic oxidation sites excluding steroid dienone is 6. The van der Waals surface area contributed by atoms with E-state index in [9.17, 15) is 0 Å². The van der Waals surface area contributed by atoms with Crippen molar-refractivity contribution in [2.75, 3.05) is 0 Å².